The van der Waals surface area contributed by atoms with E-state index in [1.807, 2.05) is 26.0 Å². The maximum absolute atomic E-state index is 12.9. The number of benzene rings is 2. The number of carbonyl (C=O) groups excluding carboxylic acids is 1. The van der Waals surface area contributed by atoms with E-state index >= 15 is 0 Å². The molecule has 3 atom stereocenters. The topological polar surface area (TPSA) is 58.2 Å². The lowest BCUT2D eigenvalue weighted by Crippen LogP contribution is -2.47. The van der Waals surface area contributed by atoms with Gasteiger partial charge in [-0.2, -0.15) is 0 Å². The van der Waals surface area contributed by atoms with Crippen molar-refractivity contribution in [1.29, 1.82) is 0 Å². The van der Waals surface area contributed by atoms with Crippen LogP contribution in [0.15, 0.2) is 48.5 Å². The van der Waals surface area contributed by atoms with Gasteiger partial charge in [-0.15, -0.1) is 0 Å². The van der Waals surface area contributed by atoms with Gasteiger partial charge in [0.15, 0.2) is 0 Å². The Morgan fingerprint density at radius 3 is 2.69 bits per heavy atom. The Labute approximate surface area is 209 Å². The summed E-state index contributed by atoms with van der Waals surface area (Å²) in [5, 5.41) is 0. The Hall–Kier alpha value is -2.66. The van der Waals surface area contributed by atoms with Crippen molar-refractivity contribution < 1.29 is 9.53 Å². The summed E-state index contributed by atoms with van der Waals surface area (Å²) >= 11 is 0. The highest BCUT2D eigenvalue weighted by molar-refractivity contribution is 5.74. The monoisotopic (exact) mass is 473 g/mol. The summed E-state index contributed by atoms with van der Waals surface area (Å²) in [4.78, 5) is 23.5. The van der Waals surface area contributed by atoms with Gasteiger partial charge in [-0.05, 0) is 68.5 Å². The minimum atomic E-state index is -0.399. The van der Waals surface area contributed by atoms with Gasteiger partial charge in [-0.3, -0.25) is 4.79 Å². The lowest BCUT2D eigenvalue weighted by Gasteiger charge is -2.46. The predicted molar refractivity (Wildman–Crippen MR) is 141 cm³/mol. The predicted octanol–water partition coefficient (Wildman–Crippen LogP) is 6.21. The molecular weight excluding hydrogens is 434 g/mol. The second-order valence-electron chi connectivity index (χ2n) is 11.0. The molecule has 3 aromatic rings. The zero-order chi connectivity index (χ0) is 24.4. The number of para-hydroxylation sites is 2. The SMILES string of the molecule is CC(C)C(=O)O[C@@]1(CCN(C)CCCc2nc3ccccc3[nH]2)C[C@H]2CCC[C@@H]1c1ccccc12. The minimum Gasteiger partial charge on any atom is -0.458 e. The van der Waals surface area contributed by atoms with Gasteiger partial charge in [0.25, 0.3) is 0 Å². The van der Waals surface area contributed by atoms with E-state index in [9.17, 15) is 4.79 Å². The van der Waals surface area contributed by atoms with Gasteiger partial charge in [0, 0.05) is 25.3 Å². The van der Waals surface area contributed by atoms with Crippen molar-refractivity contribution in [2.24, 2.45) is 5.92 Å². The van der Waals surface area contributed by atoms with Gasteiger partial charge in [-0.25, -0.2) is 4.98 Å². The Kier molecular flexibility index (Phi) is 6.97. The van der Waals surface area contributed by atoms with E-state index < -0.39 is 5.60 Å². The first-order valence-corrected chi connectivity index (χ1v) is 13.4. The number of H-pyrrole nitrogens is 1. The molecule has 2 aromatic carbocycles. The van der Waals surface area contributed by atoms with Crippen LogP contribution in [0, 0.1) is 5.92 Å². The lowest BCUT2D eigenvalue weighted by atomic mass is 9.67. The third-order valence-corrected chi connectivity index (χ3v) is 8.17. The third-order valence-electron chi connectivity index (χ3n) is 8.17. The van der Waals surface area contributed by atoms with Crippen molar-refractivity contribution in [3.05, 3.63) is 65.5 Å². The molecular formula is C30H39N3O2. The summed E-state index contributed by atoms with van der Waals surface area (Å²) in [6.07, 6.45) is 7.34. The molecule has 6 rings (SSSR count). The molecule has 0 saturated heterocycles. The summed E-state index contributed by atoms with van der Waals surface area (Å²) < 4.78 is 6.49. The Balaban J connectivity index is 1.26. The average molecular weight is 474 g/mol. The molecule has 0 amide bonds. The van der Waals surface area contributed by atoms with Crippen molar-refractivity contribution >= 4 is 17.0 Å². The van der Waals surface area contributed by atoms with Crippen LogP contribution in [0.3, 0.4) is 0 Å². The van der Waals surface area contributed by atoms with Crippen LogP contribution in [0.5, 0.6) is 0 Å². The molecule has 186 valence electrons. The quantitative estimate of drug-likeness (QED) is 0.375. The number of imidazole rings is 1. The van der Waals surface area contributed by atoms with E-state index in [0.29, 0.717) is 11.8 Å². The molecule has 1 heterocycles. The molecule has 0 unspecified atom stereocenters. The van der Waals surface area contributed by atoms with Crippen molar-refractivity contribution in [2.45, 2.75) is 76.2 Å². The number of rotatable bonds is 9. The number of nitrogens with zero attached hydrogens (tertiary/aromatic N) is 2. The third kappa shape index (κ3) is 5.02. The van der Waals surface area contributed by atoms with Crippen molar-refractivity contribution in [1.82, 2.24) is 14.9 Å². The number of carbonyl (C=O) groups is 1. The first kappa shape index (κ1) is 24.1. The number of fused-ring (bicyclic) bond motifs is 4. The molecule has 3 aliphatic rings. The summed E-state index contributed by atoms with van der Waals surface area (Å²) in [6, 6.07) is 17.1. The van der Waals surface area contributed by atoms with Gasteiger partial charge >= 0.3 is 5.97 Å². The molecule has 3 aliphatic carbocycles. The number of hydrogen-bond donors (Lipinski definition) is 1. The number of aryl methyl sites for hydroxylation is 1. The van der Waals surface area contributed by atoms with Crippen LogP contribution < -0.4 is 0 Å². The molecule has 5 heteroatoms. The number of ether oxygens (including phenoxy) is 1. The lowest BCUT2D eigenvalue weighted by molar-refractivity contribution is -0.170. The van der Waals surface area contributed by atoms with E-state index in [1.165, 1.54) is 24.0 Å². The second kappa shape index (κ2) is 10.1. The van der Waals surface area contributed by atoms with Crippen LogP contribution in [0.1, 0.15) is 81.2 Å². The molecule has 0 spiro atoms. The second-order valence-corrected chi connectivity index (χ2v) is 11.0. The highest BCUT2D eigenvalue weighted by Crippen LogP contribution is 2.55. The largest absolute Gasteiger partial charge is 0.458 e. The van der Waals surface area contributed by atoms with Crippen molar-refractivity contribution in [3.63, 3.8) is 0 Å². The smallest absolute Gasteiger partial charge is 0.308 e. The average Bonchev–Trinajstić information content (AvgIpc) is 3.07. The van der Waals surface area contributed by atoms with Crippen LogP contribution in [-0.4, -0.2) is 46.6 Å². The Morgan fingerprint density at radius 2 is 1.89 bits per heavy atom. The maximum Gasteiger partial charge on any atom is 0.308 e. The number of aromatic nitrogens is 2. The zero-order valence-electron chi connectivity index (χ0n) is 21.4. The van der Waals surface area contributed by atoms with Crippen molar-refractivity contribution in [3.8, 4) is 0 Å². The minimum absolute atomic E-state index is 0.0532. The molecule has 0 radical (unpaired) electrons. The van der Waals surface area contributed by atoms with Gasteiger partial charge in [0.05, 0.1) is 17.0 Å². The molecule has 0 aliphatic heterocycles. The van der Waals surface area contributed by atoms with Gasteiger partial charge in [-0.1, -0.05) is 56.7 Å². The number of nitrogens with one attached hydrogen (secondary N) is 1. The zero-order valence-corrected chi connectivity index (χ0v) is 21.4. The number of aromatic amines is 1. The first-order valence-electron chi connectivity index (χ1n) is 13.4. The van der Waals surface area contributed by atoms with E-state index in [1.54, 1.807) is 0 Å². The molecule has 1 fully saturated rings. The Morgan fingerprint density at radius 1 is 1.11 bits per heavy atom. The van der Waals surface area contributed by atoms with E-state index in [0.717, 1.165) is 62.1 Å². The normalized spacial score (nSPS) is 23.6. The fourth-order valence-corrected chi connectivity index (χ4v) is 6.29. The maximum atomic E-state index is 12.9. The van der Waals surface area contributed by atoms with Gasteiger partial charge in [0.1, 0.15) is 11.4 Å². The molecule has 1 N–H and O–H groups in total. The van der Waals surface area contributed by atoms with Crippen LogP contribution in [0.25, 0.3) is 11.0 Å². The van der Waals surface area contributed by atoms with Gasteiger partial charge < -0.3 is 14.6 Å². The van der Waals surface area contributed by atoms with Crippen LogP contribution in [-0.2, 0) is 16.0 Å². The summed E-state index contributed by atoms with van der Waals surface area (Å²) in [5.41, 5.74) is 4.65. The molecule has 1 aromatic heterocycles. The fraction of sp³-hybridized carbons (Fsp3) is 0.533. The molecule has 35 heavy (non-hydrogen) atoms. The summed E-state index contributed by atoms with van der Waals surface area (Å²) in [7, 11) is 2.19. The molecule has 2 bridgehead atoms. The van der Waals surface area contributed by atoms with Crippen LogP contribution in [0.2, 0.25) is 0 Å². The summed E-state index contributed by atoms with van der Waals surface area (Å²) in [5.74, 6) is 1.68. The van der Waals surface area contributed by atoms with Crippen LogP contribution in [0.4, 0.5) is 0 Å². The van der Waals surface area contributed by atoms with Crippen LogP contribution >= 0.6 is 0 Å². The van der Waals surface area contributed by atoms with Gasteiger partial charge in [0.2, 0.25) is 0 Å². The molecule has 1 saturated carbocycles. The van der Waals surface area contributed by atoms with E-state index in [4.69, 9.17) is 9.72 Å². The molecule has 5 nitrogen and oxygen atoms in total. The standard InChI is InChI=1S/C30H39N3O2/c1-21(2)29(34)35-30(20-22-10-8-13-25(30)24-12-5-4-11-23(22)24)17-19-33(3)18-9-16-28-31-26-14-6-7-15-27(26)32-28/h4-7,11-12,14-15,21-22,25H,8-10,13,16-20H2,1-3H3,(H,31,32)/t22-,25-,30+/m1/s1. The van der Waals surface area contributed by atoms with E-state index in [-0.39, 0.29) is 11.9 Å². The number of esters is 1. The highest BCUT2D eigenvalue weighted by Gasteiger charge is 2.50. The Bertz CT molecular complexity index is 1140. The number of hydrogen-bond acceptors (Lipinski definition) is 4. The summed E-state index contributed by atoms with van der Waals surface area (Å²) in [6.45, 7) is 5.82. The van der Waals surface area contributed by atoms with Crippen molar-refractivity contribution in [2.75, 3.05) is 20.1 Å². The first-order chi connectivity index (χ1) is 16.9. The highest BCUT2D eigenvalue weighted by atomic mass is 16.6. The van der Waals surface area contributed by atoms with E-state index in [2.05, 4.69) is 53.3 Å². The fourth-order valence-electron chi connectivity index (χ4n) is 6.29.